The number of nitrogens with two attached hydrogens (primary N) is 1. The van der Waals surface area contributed by atoms with Gasteiger partial charge in [-0.25, -0.2) is 0 Å². The Bertz CT molecular complexity index is 426. The minimum Gasteiger partial charge on any atom is -0.370 e. The van der Waals surface area contributed by atoms with Crippen LogP contribution >= 0.6 is 15.9 Å². The number of halogens is 1. The molecular formula is C13H21BrN4O. The molecule has 19 heavy (non-hydrogen) atoms. The molecule has 0 spiro atoms. The Hall–Kier alpha value is -0.880. The maximum atomic E-state index is 11.0. The number of amides is 1. The number of hydrogen-bond acceptors (Lipinski definition) is 3. The van der Waals surface area contributed by atoms with E-state index in [0.717, 1.165) is 43.4 Å². The van der Waals surface area contributed by atoms with Crippen LogP contribution in [0.5, 0.6) is 0 Å². The summed E-state index contributed by atoms with van der Waals surface area (Å²) in [4.78, 5) is 13.4. The first-order chi connectivity index (χ1) is 9.06. The SMILES string of the molecule is Cn1ncc(Br)c1CN1CCCC(CC(N)=O)CC1. The molecule has 2 heterocycles. The van der Waals surface area contributed by atoms with Gasteiger partial charge in [-0.05, 0) is 54.2 Å². The third kappa shape index (κ3) is 4.04. The third-order valence-corrected chi connectivity index (χ3v) is 4.48. The second-order valence-corrected chi connectivity index (χ2v) is 6.16. The van der Waals surface area contributed by atoms with Crippen LogP contribution in [0.25, 0.3) is 0 Å². The van der Waals surface area contributed by atoms with E-state index >= 15 is 0 Å². The van der Waals surface area contributed by atoms with E-state index in [-0.39, 0.29) is 5.91 Å². The molecule has 5 nitrogen and oxygen atoms in total. The molecule has 1 saturated heterocycles. The highest BCUT2D eigenvalue weighted by Gasteiger charge is 2.20. The standard InChI is InChI=1S/C13H21BrN4O/c1-17-12(11(14)8-16-17)9-18-5-2-3-10(4-6-18)7-13(15)19/h8,10H,2-7,9H2,1H3,(H2,15,19). The minimum atomic E-state index is -0.173. The Balaban J connectivity index is 1.91. The summed E-state index contributed by atoms with van der Waals surface area (Å²) >= 11 is 3.54. The summed E-state index contributed by atoms with van der Waals surface area (Å²) in [6.45, 7) is 3.00. The zero-order valence-corrected chi connectivity index (χ0v) is 12.9. The molecule has 1 amide bonds. The number of carbonyl (C=O) groups excluding carboxylic acids is 1. The number of primary amides is 1. The molecule has 1 aromatic rings. The molecule has 0 bridgehead atoms. The van der Waals surface area contributed by atoms with Crippen molar-refractivity contribution in [3.05, 3.63) is 16.4 Å². The molecule has 2 N–H and O–H groups in total. The predicted octanol–water partition coefficient (Wildman–Crippen LogP) is 1.66. The lowest BCUT2D eigenvalue weighted by Crippen LogP contribution is -2.26. The number of nitrogens with zero attached hydrogens (tertiary/aromatic N) is 3. The van der Waals surface area contributed by atoms with Crippen LogP contribution in [-0.4, -0.2) is 33.7 Å². The van der Waals surface area contributed by atoms with Gasteiger partial charge in [-0.2, -0.15) is 5.10 Å². The predicted molar refractivity (Wildman–Crippen MR) is 77.3 cm³/mol. The summed E-state index contributed by atoms with van der Waals surface area (Å²) in [5.41, 5.74) is 6.49. The van der Waals surface area contributed by atoms with Gasteiger partial charge in [0.05, 0.1) is 16.4 Å². The van der Waals surface area contributed by atoms with Gasteiger partial charge in [0, 0.05) is 20.0 Å². The van der Waals surface area contributed by atoms with Crippen molar-refractivity contribution in [1.82, 2.24) is 14.7 Å². The molecule has 1 aromatic heterocycles. The highest BCUT2D eigenvalue weighted by Crippen LogP contribution is 2.23. The summed E-state index contributed by atoms with van der Waals surface area (Å²) < 4.78 is 2.98. The van der Waals surface area contributed by atoms with Crippen LogP contribution in [0.1, 0.15) is 31.4 Å². The highest BCUT2D eigenvalue weighted by molar-refractivity contribution is 9.10. The van der Waals surface area contributed by atoms with Gasteiger partial charge in [-0.15, -0.1) is 0 Å². The van der Waals surface area contributed by atoms with Crippen LogP contribution in [-0.2, 0) is 18.4 Å². The molecule has 0 aromatic carbocycles. The number of rotatable bonds is 4. The number of likely N-dealkylation sites (tertiary alicyclic amines) is 1. The molecule has 1 atom stereocenters. The lowest BCUT2D eigenvalue weighted by atomic mass is 9.97. The lowest BCUT2D eigenvalue weighted by Gasteiger charge is -2.20. The van der Waals surface area contributed by atoms with Crippen LogP contribution in [0.4, 0.5) is 0 Å². The van der Waals surface area contributed by atoms with E-state index < -0.39 is 0 Å². The van der Waals surface area contributed by atoms with Gasteiger partial charge in [0.15, 0.2) is 0 Å². The molecule has 0 saturated carbocycles. The van der Waals surface area contributed by atoms with Crippen molar-refractivity contribution in [2.24, 2.45) is 18.7 Å². The first kappa shape index (κ1) is 14.5. The van der Waals surface area contributed by atoms with Crippen molar-refractivity contribution < 1.29 is 4.79 Å². The molecule has 2 rings (SSSR count). The summed E-state index contributed by atoms with van der Waals surface area (Å²) in [5.74, 6) is 0.283. The van der Waals surface area contributed by atoms with Crippen LogP contribution in [0.15, 0.2) is 10.7 Å². The summed E-state index contributed by atoms with van der Waals surface area (Å²) in [7, 11) is 1.97. The Kier molecular flexibility index (Phi) is 4.99. The number of hydrogen-bond donors (Lipinski definition) is 1. The van der Waals surface area contributed by atoms with Crippen molar-refractivity contribution in [1.29, 1.82) is 0 Å². The van der Waals surface area contributed by atoms with E-state index in [1.165, 1.54) is 5.69 Å². The number of aromatic nitrogens is 2. The summed E-state index contributed by atoms with van der Waals surface area (Å²) in [6.07, 6.45) is 5.66. The Morgan fingerprint density at radius 3 is 2.95 bits per heavy atom. The average Bonchev–Trinajstić information content (AvgIpc) is 2.55. The normalized spacial score (nSPS) is 21.3. The Morgan fingerprint density at radius 2 is 2.32 bits per heavy atom. The first-order valence-electron chi connectivity index (χ1n) is 6.73. The van der Waals surface area contributed by atoms with Gasteiger partial charge in [0.1, 0.15) is 0 Å². The van der Waals surface area contributed by atoms with Crippen LogP contribution in [0, 0.1) is 5.92 Å². The van der Waals surface area contributed by atoms with Crippen molar-refractivity contribution in [3.63, 3.8) is 0 Å². The Morgan fingerprint density at radius 1 is 1.53 bits per heavy atom. The van der Waals surface area contributed by atoms with Gasteiger partial charge in [0.2, 0.25) is 5.91 Å². The van der Waals surface area contributed by atoms with Gasteiger partial charge >= 0.3 is 0 Å². The number of carbonyl (C=O) groups is 1. The molecule has 106 valence electrons. The average molecular weight is 329 g/mol. The first-order valence-corrected chi connectivity index (χ1v) is 7.52. The van der Waals surface area contributed by atoms with Crippen molar-refractivity contribution in [2.75, 3.05) is 13.1 Å². The second-order valence-electron chi connectivity index (χ2n) is 5.31. The van der Waals surface area contributed by atoms with Gasteiger partial charge in [-0.3, -0.25) is 14.4 Å². The smallest absolute Gasteiger partial charge is 0.217 e. The van der Waals surface area contributed by atoms with E-state index in [1.54, 1.807) is 0 Å². The van der Waals surface area contributed by atoms with Crippen molar-refractivity contribution in [2.45, 2.75) is 32.2 Å². The molecule has 0 radical (unpaired) electrons. The topological polar surface area (TPSA) is 64.2 Å². The number of aryl methyl sites for hydroxylation is 1. The van der Waals surface area contributed by atoms with E-state index in [9.17, 15) is 4.79 Å². The van der Waals surface area contributed by atoms with Crippen LogP contribution < -0.4 is 5.73 Å². The quantitative estimate of drug-likeness (QED) is 0.914. The van der Waals surface area contributed by atoms with E-state index in [1.807, 2.05) is 17.9 Å². The Labute approximate surface area is 122 Å². The molecule has 1 aliphatic heterocycles. The van der Waals surface area contributed by atoms with Gasteiger partial charge in [-0.1, -0.05) is 0 Å². The molecule has 6 heteroatoms. The fourth-order valence-corrected chi connectivity index (χ4v) is 3.17. The third-order valence-electron chi connectivity index (χ3n) is 3.81. The summed E-state index contributed by atoms with van der Waals surface area (Å²) in [5, 5.41) is 4.24. The maximum absolute atomic E-state index is 11.0. The van der Waals surface area contributed by atoms with E-state index in [2.05, 4.69) is 25.9 Å². The largest absolute Gasteiger partial charge is 0.370 e. The van der Waals surface area contributed by atoms with E-state index in [0.29, 0.717) is 12.3 Å². The molecule has 1 aliphatic rings. The maximum Gasteiger partial charge on any atom is 0.217 e. The zero-order valence-electron chi connectivity index (χ0n) is 11.3. The molecule has 1 unspecified atom stereocenters. The second kappa shape index (κ2) is 6.52. The van der Waals surface area contributed by atoms with Crippen LogP contribution in [0.2, 0.25) is 0 Å². The minimum absolute atomic E-state index is 0.173. The van der Waals surface area contributed by atoms with Crippen molar-refractivity contribution in [3.8, 4) is 0 Å². The summed E-state index contributed by atoms with van der Waals surface area (Å²) in [6, 6.07) is 0. The zero-order chi connectivity index (χ0) is 13.8. The highest BCUT2D eigenvalue weighted by atomic mass is 79.9. The fraction of sp³-hybridized carbons (Fsp3) is 0.692. The fourth-order valence-electron chi connectivity index (χ4n) is 2.70. The lowest BCUT2D eigenvalue weighted by molar-refractivity contribution is -0.119. The molecule has 1 fully saturated rings. The van der Waals surface area contributed by atoms with E-state index in [4.69, 9.17) is 5.73 Å². The molecular weight excluding hydrogens is 308 g/mol. The van der Waals surface area contributed by atoms with Crippen LogP contribution in [0.3, 0.4) is 0 Å². The van der Waals surface area contributed by atoms with Crippen molar-refractivity contribution >= 4 is 21.8 Å². The van der Waals surface area contributed by atoms with Gasteiger partial charge in [0.25, 0.3) is 0 Å². The molecule has 0 aliphatic carbocycles. The monoisotopic (exact) mass is 328 g/mol. The van der Waals surface area contributed by atoms with Gasteiger partial charge < -0.3 is 5.73 Å².